The summed E-state index contributed by atoms with van der Waals surface area (Å²) in [5, 5.41) is 2.46. The fourth-order valence-electron chi connectivity index (χ4n) is 2.81. The van der Waals surface area contributed by atoms with Crippen molar-refractivity contribution < 1.29 is 22.0 Å². The number of aromatic nitrogens is 1. The lowest BCUT2D eigenvalue weighted by Gasteiger charge is -2.15. The van der Waals surface area contributed by atoms with Gasteiger partial charge in [0.25, 0.3) is 5.91 Å². The quantitative estimate of drug-likeness (QED) is 0.839. The normalized spacial score (nSPS) is 19.9. The number of nitrogens with one attached hydrogen (secondary N) is 2. The molecule has 0 aliphatic carbocycles. The van der Waals surface area contributed by atoms with Crippen molar-refractivity contribution in [2.45, 2.75) is 24.3 Å². The number of sulfonamides is 1. The van der Waals surface area contributed by atoms with Crippen LogP contribution in [-0.4, -0.2) is 24.9 Å². The number of rotatable bonds is 2. The van der Waals surface area contributed by atoms with Gasteiger partial charge in [-0.1, -0.05) is 12.2 Å². The number of anilines is 1. The number of nitrogens with zero attached hydrogens (tertiary/aromatic N) is 1. The summed E-state index contributed by atoms with van der Waals surface area (Å²) in [5.74, 6) is -2.75. The molecular formula is C17H17F2N3O3S. The highest BCUT2D eigenvalue weighted by Crippen LogP contribution is 2.27. The van der Waals surface area contributed by atoms with Gasteiger partial charge in [-0.2, -0.15) is 0 Å². The van der Waals surface area contributed by atoms with Crippen LogP contribution in [0, 0.1) is 11.6 Å². The van der Waals surface area contributed by atoms with E-state index in [0.717, 1.165) is 12.1 Å². The summed E-state index contributed by atoms with van der Waals surface area (Å²) < 4.78 is 55.3. The van der Waals surface area contributed by atoms with E-state index in [1.165, 1.54) is 23.9 Å². The van der Waals surface area contributed by atoms with Gasteiger partial charge in [0.15, 0.2) is 11.6 Å². The van der Waals surface area contributed by atoms with E-state index in [2.05, 4.69) is 10.0 Å². The smallest absolute Gasteiger partial charge is 0.272 e. The molecule has 9 heteroatoms. The molecule has 0 fully saturated rings. The molecule has 2 N–H and O–H groups in total. The van der Waals surface area contributed by atoms with Crippen LogP contribution in [0.1, 0.15) is 29.4 Å². The number of amides is 1. The molecule has 0 spiro atoms. The Morgan fingerprint density at radius 3 is 2.73 bits per heavy atom. The molecule has 0 radical (unpaired) electrons. The third kappa shape index (κ3) is 3.40. The Bertz CT molecular complexity index is 1010. The van der Waals surface area contributed by atoms with Crippen LogP contribution in [0.2, 0.25) is 0 Å². The number of aryl methyl sites for hydroxylation is 1. The zero-order valence-corrected chi connectivity index (χ0v) is 14.9. The maximum atomic E-state index is 13.3. The minimum Gasteiger partial charge on any atom is -0.345 e. The number of fused-ring (bicyclic) bond motifs is 1. The van der Waals surface area contributed by atoms with Crippen LogP contribution < -0.4 is 10.0 Å². The number of halogens is 2. The van der Waals surface area contributed by atoms with E-state index < -0.39 is 27.6 Å². The number of benzene rings is 1. The first-order valence-electron chi connectivity index (χ1n) is 7.83. The number of carbonyl (C=O) groups is 1. The molecule has 6 nitrogen and oxygen atoms in total. The topological polar surface area (TPSA) is 80.2 Å². The molecule has 138 valence electrons. The Morgan fingerprint density at radius 1 is 1.31 bits per heavy atom. The van der Waals surface area contributed by atoms with E-state index in [-0.39, 0.29) is 27.9 Å². The van der Waals surface area contributed by atoms with E-state index >= 15 is 0 Å². The van der Waals surface area contributed by atoms with Gasteiger partial charge in [0.05, 0.1) is 0 Å². The molecule has 3 rings (SSSR count). The molecule has 0 saturated heterocycles. The number of hydrogen-bond donors (Lipinski definition) is 2. The maximum absolute atomic E-state index is 13.3. The van der Waals surface area contributed by atoms with Crippen molar-refractivity contribution in [2.24, 2.45) is 7.05 Å². The highest BCUT2D eigenvalue weighted by molar-refractivity contribution is 7.89. The van der Waals surface area contributed by atoms with Gasteiger partial charge in [-0.3, -0.25) is 4.79 Å². The SMILES string of the molecule is CC1C/C=C\c2c(cn(C)c2C(=O)Nc2ccc(F)c(F)c2)S(=O)(=O)N1. The predicted molar refractivity (Wildman–Crippen MR) is 93.2 cm³/mol. The fourth-order valence-corrected chi connectivity index (χ4v) is 4.31. The minimum atomic E-state index is -3.78. The summed E-state index contributed by atoms with van der Waals surface area (Å²) in [6, 6.07) is 2.70. The second-order valence-electron chi connectivity index (χ2n) is 6.11. The summed E-state index contributed by atoms with van der Waals surface area (Å²) >= 11 is 0. The van der Waals surface area contributed by atoms with E-state index in [1.54, 1.807) is 19.1 Å². The lowest BCUT2D eigenvalue weighted by molar-refractivity contribution is 0.101. The van der Waals surface area contributed by atoms with Gasteiger partial charge in [-0.15, -0.1) is 0 Å². The Balaban J connectivity index is 2.03. The van der Waals surface area contributed by atoms with Crippen LogP contribution in [0.15, 0.2) is 35.4 Å². The molecule has 1 atom stereocenters. The zero-order chi connectivity index (χ0) is 19.1. The summed E-state index contributed by atoms with van der Waals surface area (Å²) in [4.78, 5) is 12.6. The molecule has 1 aromatic heterocycles. The minimum absolute atomic E-state index is 0.0155. The molecule has 0 bridgehead atoms. The van der Waals surface area contributed by atoms with Gasteiger partial charge in [-0.25, -0.2) is 21.9 Å². The first-order chi connectivity index (χ1) is 12.2. The Morgan fingerprint density at radius 2 is 2.04 bits per heavy atom. The van der Waals surface area contributed by atoms with Crippen molar-refractivity contribution in [1.29, 1.82) is 0 Å². The number of carbonyl (C=O) groups excluding carboxylic acids is 1. The molecule has 1 aliphatic heterocycles. The van der Waals surface area contributed by atoms with Crippen molar-refractivity contribution in [1.82, 2.24) is 9.29 Å². The molecule has 1 amide bonds. The number of hydrogen-bond acceptors (Lipinski definition) is 3. The largest absolute Gasteiger partial charge is 0.345 e. The highest BCUT2D eigenvalue weighted by Gasteiger charge is 2.28. The van der Waals surface area contributed by atoms with E-state index in [1.807, 2.05) is 0 Å². The standard InChI is InChI=1S/C17H17F2N3O3S/c1-10-4-3-5-12-15(26(24,25)21-10)9-22(2)16(12)17(23)20-11-6-7-13(18)14(19)8-11/h3,5-10,21H,4H2,1-2H3,(H,20,23)/b5-3-. The molecule has 0 saturated carbocycles. The Hall–Kier alpha value is -2.52. The van der Waals surface area contributed by atoms with Gasteiger partial charge in [0.2, 0.25) is 10.0 Å². The van der Waals surface area contributed by atoms with Crippen LogP contribution in [0.3, 0.4) is 0 Å². The van der Waals surface area contributed by atoms with Crippen LogP contribution >= 0.6 is 0 Å². The Labute approximate surface area is 149 Å². The average molecular weight is 381 g/mol. The molecule has 1 aromatic carbocycles. The predicted octanol–water partition coefficient (Wildman–Crippen LogP) is 2.64. The second-order valence-corrected chi connectivity index (χ2v) is 7.79. The molecular weight excluding hydrogens is 364 g/mol. The van der Waals surface area contributed by atoms with Crippen molar-refractivity contribution in [3.8, 4) is 0 Å². The van der Waals surface area contributed by atoms with Crippen molar-refractivity contribution >= 4 is 27.7 Å². The summed E-state index contributed by atoms with van der Waals surface area (Å²) in [7, 11) is -2.24. The van der Waals surface area contributed by atoms with Gasteiger partial charge >= 0.3 is 0 Å². The first-order valence-corrected chi connectivity index (χ1v) is 9.32. The molecule has 2 aromatic rings. The van der Waals surface area contributed by atoms with Crippen molar-refractivity contribution in [2.75, 3.05) is 5.32 Å². The first kappa shape index (κ1) is 18.3. The van der Waals surface area contributed by atoms with E-state index in [4.69, 9.17) is 0 Å². The zero-order valence-electron chi connectivity index (χ0n) is 14.1. The summed E-state index contributed by atoms with van der Waals surface area (Å²) in [6.07, 6.45) is 5.18. The Kier molecular flexibility index (Phi) is 4.68. The van der Waals surface area contributed by atoms with E-state index in [0.29, 0.717) is 6.42 Å². The van der Waals surface area contributed by atoms with Crippen LogP contribution in [0.4, 0.5) is 14.5 Å². The van der Waals surface area contributed by atoms with Crippen molar-refractivity contribution in [3.63, 3.8) is 0 Å². The van der Waals surface area contributed by atoms with Crippen LogP contribution in [0.5, 0.6) is 0 Å². The monoisotopic (exact) mass is 381 g/mol. The second kappa shape index (κ2) is 6.65. The lowest BCUT2D eigenvalue weighted by atomic mass is 10.1. The van der Waals surface area contributed by atoms with Crippen molar-refractivity contribution in [3.05, 3.63) is 53.4 Å². The third-order valence-corrected chi connectivity index (χ3v) is 5.61. The summed E-state index contributed by atoms with van der Waals surface area (Å²) in [5.41, 5.74) is 0.404. The molecule has 1 unspecified atom stereocenters. The van der Waals surface area contributed by atoms with Crippen LogP contribution in [-0.2, 0) is 17.1 Å². The maximum Gasteiger partial charge on any atom is 0.272 e. The lowest BCUT2D eigenvalue weighted by Crippen LogP contribution is -2.33. The van der Waals surface area contributed by atoms with Gasteiger partial charge < -0.3 is 9.88 Å². The van der Waals surface area contributed by atoms with Crippen LogP contribution in [0.25, 0.3) is 6.08 Å². The van der Waals surface area contributed by atoms with Gasteiger partial charge in [0.1, 0.15) is 10.6 Å². The molecule has 26 heavy (non-hydrogen) atoms. The highest BCUT2D eigenvalue weighted by atomic mass is 32.2. The van der Waals surface area contributed by atoms with Gasteiger partial charge in [-0.05, 0) is 25.5 Å². The average Bonchev–Trinajstić information content (AvgIpc) is 2.87. The third-order valence-electron chi connectivity index (χ3n) is 4.00. The van der Waals surface area contributed by atoms with Gasteiger partial charge in [0, 0.05) is 36.6 Å². The fraction of sp³-hybridized carbons (Fsp3) is 0.235. The van der Waals surface area contributed by atoms with E-state index in [9.17, 15) is 22.0 Å². The molecule has 1 aliphatic rings. The summed E-state index contributed by atoms with van der Waals surface area (Å²) in [6.45, 7) is 1.74. The molecule has 2 heterocycles.